The van der Waals surface area contributed by atoms with Crippen LogP contribution in [0.5, 0.6) is 0 Å². The molecule has 0 bridgehead atoms. The van der Waals surface area contributed by atoms with Crippen molar-refractivity contribution in [3.8, 4) is 23.0 Å². The van der Waals surface area contributed by atoms with E-state index in [1.807, 2.05) is 25.4 Å². The zero-order valence-corrected chi connectivity index (χ0v) is 19.8. The molecule has 0 aliphatic carbocycles. The molecule has 7 heteroatoms. The van der Waals surface area contributed by atoms with E-state index in [1.54, 1.807) is 0 Å². The van der Waals surface area contributed by atoms with Crippen molar-refractivity contribution in [1.82, 2.24) is 15.2 Å². The Kier molecular flexibility index (Phi) is 6.77. The molecular formula is C27H32N6O. The van der Waals surface area contributed by atoms with Crippen LogP contribution >= 0.6 is 0 Å². The van der Waals surface area contributed by atoms with Crippen molar-refractivity contribution in [2.75, 3.05) is 49.6 Å². The highest BCUT2D eigenvalue weighted by atomic mass is 16.2. The molecule has 1 amide bonds. The number of carbonyl (C=O) groups is 1. The van der Waals surface area contributed by atoms with Crippen LogP contribution in [0.3, 0.4) is 0 Å². The molecule has 0 atom stereocenters. The van der Waals surface area contributed by atoms with Gasteiger partial charge in [0.25, 0.3) is 5.91 Å². The fourth-order valence-electron chi connectivity index (χ4n) is 4.97. The molecule has 3 aliphatic heterocycles. The zero-order valence-electron chi connectivity index (χ0n) is 19.8. The van der Waals surface area contributed by atoms with Gasteiger partial charge < -0.3 is 15.5 Å². The van der Waals surface area contributed by atoms with Crippen molar-refractivity contribution in [1.29, 1.82) is 0 Å². The first-order valence-corrected chi connectivity index (χ1v) is 12.3. The smallest absolute Gasteiger partial charge is 0.270 e. The van der Waals surface area contributed by atoms with Crippen LogP contribution < -0.4 is 15.5 Å². The average Bonchev–Trinajstić information content (AvgIpc) is 3.43. The lowest BCUT2D eigenvalue weighted by molar-refractivity contribution is -0.115. The number of aromatic nitrogens is 1. The summed E-state index contributed by atoms with van der Waals surface area (Å²) in [5, 5.41) is 6.53. The van der Waals surface area contributed by atoms with Crippen molar-refractivity contribution in [2.45, 2.75) is 38.6 Å². The van der Waals surface area contributed by atoms with E-state index in [4.69, 9.17) is 0 Å². The summed E-state index contributed by atoms with van der Waals surface area (Å²) in [6, 6.07) is 8.57. The molecule has 4 heterocycles. The normalized spacial score (nSPS) is 18.4. The summed E-state index contributed by atoms with van der Waals surface area (Å²) in [6.45, 7) is 7.16. The fraction of sp³-hybridized carbons (Fsp3) is 0.444. The molecule has 7 nitrogen and oxygen atoms in total. The second kappa shape index (κ2) is 10.3. The van der Waals surface area contributed by atoms with E-state index in [0.717, 1.165) is 73.6 Å². The summed E-state index contributed by atoms with van der Waals surface area (Å²) in [5.74, 6) is 6.00. The first kappa shape index (κ1) is 22.4. The number of likely N-dealkylation sites (tertiary alicyclic amines) is 1. The van der Waals surface area contributed by atoms with Gasteiger partial charge in [0.15, 0.2) is 0 Å². The highest BCUT2D eigenvalue weighted by molar-refractivity contribution is 6.47. The number of amides is 1. The third-order valence-corrected chi connectivity index (χ3v) is 6.93. The maximum absolute atomic E-state index is 13.2. The first-order valence-electron chi connectivity index (χ1n) is 12.3. The topological polar surface area (TPSA) is 72.9 Å². The van der Waals surface area contributed by atoms with Crippen molar-refractivity contribution in [3.63, 3.8) is 0 Å². The van der Waals surface area contributed by atoms with E-state index in [9.17, 15) is 4.79 Å². The third kappa shape index (κ3) is 4.92. The molecule has 2 N–H and O–H groups in total. The number of hydrogen-bond donors (Lipinski definition) is 2. The van der Waals surface area contributed by atoms with Gasteiger partial charge in [-0.1, -0.05) is 12.0 Å². The monoisotopic (exact) mass is 456 g/mol. The molecule has 2 aromatic rings. The summed E-state index contributed by atoms with van der Waals surface area (Å²) in [7, 11) is 0. The summed E-state index contributed by atoms with van der Waals surface area (Å²) in [6.07, 6.45) is 8.17. The van der Waals surface area contributed by atoms with Gasteiger partial charge in [0.1, 0.15) is 12.4 Å². The molecule has 0 spiro atoms. The highest BCUT2D eigenvalue weighted by Crippen LogP contribution is 2.30. The van der Waals surface area contributed by atoms with E-state index in [1.165, 1.54) is 12.8 Å². The predicted molar refractivity (Wildman–Crippen MR) is 137 cm³/mol. The van der Waals surface area contributed by atoms with Crippen molar-refractivity contribution >= 4 is 23.0 Å². The van der Waals surface area contributed by atoms with E-state index >= 15 is 0 Å². The Hall–Kier alpha value is -3.37. The van der Waals surface area contributed by atoms with Crippen LogP contribution in [0.4, 0.5) is 11.4 Å². The third-order valence-electron chi connectivity index (χ3n) is 6.93. The lowest BCUT2D eigenvalue weighted by Gasteiger charge is -2.31. The van der Waals surface area contributed by atoms with Crippen LogP contribution in [0.1, 0.15) is 38.2 Å². The lowest BCUT2D eigenvalue weighted by Crippen LogP contribution is -2.47. The van der Waals surface area contributed by atoms with Gasteiger partial charge in [0.05, 0.1) is 18.4 Å². The van der Waals surface area contributed by atoms with Gasteiger partial charge >= 0.3 is 0 Å². The number of nitrogens with one attached hydrogen (secondary N) is 2. The van der Waals surface area contributed by atoms with Gasteiger partial charge in [0, 0.05) is 55.2 Å². The number of rotatable bonds is 5. The Morgan fingerprint density at radius 2 is 1.94 bits per heavy atom. The highest BCUT2D eigenvalue weighted by Gasteiger charge is 2.26. The minimum atomic E-state index is -0.0874. The fourth-order valence-corrected chi connectivity index (χ4v) is 4.97. The number of fused-ring (bicyclic) bond motifs is 1. The molecular weight excluding hydrogens is 424 g/mol. The van der Waals surface area contributed by atoms with Crippen LogP contribution in [0.15, 0.2) is 41.7 Å². The number of benzene rings is 1. The summed E-state index contributed by atoms with van der Waals surface area (Å²) in [4.78, 5) is 27.0. The van der Waals surface area contributed by atoms with Gasteiger partial charge in [-0.2, -0.15) is 0 Å². The number of pyridine rings is 1. The zero-order chi connectivity index (χ0) is 23.3. The predicted octanol–water partition coefficient (Wildman–Crippen LogP) is 3.12. The van der Waals surface area contributed by atoms with Gasteiger partial charge in [-0.15, -0.1) is 5.92 Å². The van der Waals surface area contributed by atoms with Gasteiger partial charge in [-0.3, -0.25) is 19.7 Å². The lowest BCUT2D eigenvalue weighted by atomic mass is 9.98. The van der Waals surface area contributed by atoms with E-state index in [0.29, 0.717) is 12.4 Å². The molecule has 1 aromatic carbocycles. The standard InChI is InChI=1S/C27H32N6O/c1-2-3-10-32-13-8-22(9-14-32)31-27(34)26-24-16-20(6-7-25(24)29-19-30-26)21-15-23(18-28-17-21)33-11-4-5-12-33/h6-7,15-18,22,29H,4-5,8-14,19H2,1H3,(H,31,34). The Morgan fingerprint density at radius 3 is 2.74 bits per heavy atom. The maximum Gasteiger partial charge on any atom is 0.270 e. The second-order valence-electron chi connectivity index (χ2n) is 9.18. The molecule has 2 saturated heterocycles. The van der Waals surface area contributed by atoms with E-state index in [-0.39, 0.29) is 11.9 Å². The second-order valence-corrected chi connectivity index (χ2v) is 9.18. The van der Waals surface area contributed by atoms with Crippen LogP contribution in [0.25, 0.3) is 11.1 Å². The van der Waals surface area contributed by atoms with Gasteiger partial charge in [-0.05, 0) is 56.4 Å². The number of hydrogen-bond acceptors (Lipinski definition) is 6. The molecule has 0 saturated carbocycles. The van der Waals surface area contributed by atoms with Crippen molar-refractivity contribution in [2.24, 2.45) is 4.99 Å². The molecule has 2 fully saturated rings. The summed E-state index contributed by atoms with van der Waals surface area (Å²) in [5.41, 5.74) is 5.57. The minimum absolute atomic E-state index is 0.0874. The maximum atomic E-state index is 13.2. The van der Waals surface area contributed by atoms with Crippen LogP contribution in [0.2, 0.25) is 0 Å². The van der Waals surface area contributed by atoms with E-state index < -0.39 is 0 Å². The molecule has 0 unspecified atom stereocenters. The summed E-state index contributed by atoms with van der Waals surface area (Å²) >= 11 is 0. The Labute approximate surface area is 201 Å². The number of piperidine rings is 1. The van der Waals surface area contributed by atoms with Crippen molar-refractivity contribution in [3.05, 3.63) is 42.2 Å². The molecule has 176 valence electrons. The van der Waals surface area contributed by atoms with Crippen LogP contribution in [-0.2, 0) is 4.79 Å². The Bertz CT molecular complexity index is 1130. The summed E-state index contributed by atoms with van der Waals surface area (Å²) < 4.78 is 0. The minimum Gasteiger partial charge on any atom is -0.370 e. The number of carbonyl (C=O) groups excluding carboxylic acids is 1. The largest absolute Gasteiger partial charge is 0.370 e. The molecule has 3 aliphatic rings. The molecule has 34 heavy (non-hydrogen) atoms. The van der Waals surface area contributed by atoms with Gasteiger partial charge in [0.2, 0.25) is 0 Å². The Balaban J connectivity index is 1.31. The SMILES string of the molecule is CC#CCN1CCC(NC(=O)C2=NCNc3ccc(-c4cncc(N5CCCC5)c4)cc32)CC1. The van der Waals surface area contributed by atoms with E-state index in [2.05, 4.69) is 60.4 Å². The Morgan fingerprint density at radius 1 is 1.12 bits per heavy atom. The van der Waals surface area contributed by atoms with Crippen LogP contribution in [-0.4, -0.2) is 66.9 Å². The van der Waals surface area contributed by atoms with Crippen molar-refractivity contribution < 1.29 is 4.79 Å². The quantitative estimate of drug-likeness (QED) is 0.677. The number of nitrogens with zero attached hydrogens (tertiary/aromatic N) is 4. The molecule has 5 rings (SSSR count). The average molecular weight is 457 g/mol. The number of aliphatic imine (C=N–C) groups is 1. The van der Waals surface area contributed by atoms with Gasteiger partial charge in [-0.25, -0.2) is 0 Å². The number of anilines is 2. The molecule has 0 radical (unpaired) electrons. The molecule has 1 aromatic heterocycles. The van der Waals surface area contributed by atoms with Crippen LogP contribution in [0, 0.1) is 11.8 Å². The first-order chi connectivity index (χ1) is 16.7.